The summed E-state index contributed by atoms with van der Waals surface area (Å²) in [7, 11) is 0. The molecule has 1 aliphatic heterocycles. The Morgan fingerprint density at radius 1 is 1.11 bits per heavy atom. The van der Waals surface area contributed by atoms with Gasteiger partial charge in [0, 0.05) is 15.6 Å². The minimum Gasteiger partial charge on any atom is -0.325 e. The molecule has 3 aromatic carbocycles. The number of hydrogen-bond acceptors (Lipinski definition) is 3. The van der Waals surface area contributed by atoms with Gasteiger partial charge in [0.1, 0.15) is 0 Å². The van der Waals surface area contributed by atoms with E-state index in [-0.39, 0.29) is 11.2 Å². The van der Waals surface area contributed by atoms with E-state index in [0.29, 0.717) is 10.7 Å². The second kappa shape index (κ2) is 8.10. The van der Waals surface area contributed by atoms with E-state index in [2.05, 4.69) is 17.5 Å². The van der Waals surface area contributed by atoms with Crippen LogP contribution in [0.25, 0.3) is 0 Å². The van der Waals surface area contributed by atoms with Crippen molar-refractivity contribution in [3.8, 4) is 6.07 Å². The third kappa shape index (κ3) is 3.77. The van der Waals surface area contributed by atoms with Crippen LogP contribution < -0.4 is 5.32 Å². The highest BCUT2D eigenvalue weighted by atomic mass is 35.5. The van der Waals surface area contributed by atoms with E-state index in [4.69, 9.17) is 11.6 Å². The van der Waals surface area contributed by atoms with Crippen molar-refractivity contribution in [1.29, 1.82) is 5.26 Å². The zero-order valence-electron chi connectivity index (χ0n) is 14.9. The first-order valence-corrected chi connectivity index (χ1v) is 10.2. The van der Waals surface area contributed by atoms with Crippen molar-refractivity contribution in [2.45, 2.75) is 22.5 Å². The molecule has 138 valence electrons. The van der Waals surface area contributed by atoms with Crippen molar-refractivity contribution in [2.75, 3.05) is 5.32 Å². The van der Waals surface area contributed by atoms with Crippen molar-refractivity contribution in [3.63, 3.8) is 0 Å². The van der Waals surface area contributed by atoms with Crippen LogP contribution in [0.5, 0.6) is 0 Å². The Balaban J connectivity index is 1.49. The van der Waals surface area contributed by atoms with Gasteiger partial charge in [0.25, 0.3) is 0 Å². The van der Waals surface area contributed by atoms with Gasteiger partial charge in [-0.1, -0.05) is 66.2 Å². The van der Waals surface area contributed by atoms with Gasteiger partial charge in [-0.3, -0.25) is 4.79 Å². The summed E-state index contributed by atoms with van der Waals surface area (Å²) in [4.78, 5) is 13.8. The molecule has 0 radical (unpaired) electrons. The summed E-state index contributed by atoms with van der Waals surface area (Å²) >= 11 is 8.05. The van der Waals surface area contributed by atoms with Gasteiger partial charge in [-0.05, 0) is 41.3 Å². The largest absolute Gasteiger partial charge is 0.325 e. The number of carbonyl (C=O) groups excluding carboxylic acids is 1. The SMILES string of the molecule is N#C[C@@H](c1ccccc1)c1ccc(NC(=O)[C@H]2Cc3ccccc3S2)cc1Cl. The number of carbonyl (C=O) groups is 1. The molecule has 1 amide bonds. The second-order valence-electron chi connectivity index (χ2n) is 6.62. The smallest absolute Gasteiger partial charge is 0.238 e. The van der Waals surface area contributed by atoms with Crippen LogP contribution in [0.4, 0.5) is 5.69 Å². The van der Waals surface area contributed by atoms with Crippen LogP contribution in [-0.2, 0) is 11.2 Å². The molecule has 0 bridgehead atoms. The Labute approximate surface area is 173 Å². The predicted molar refractivity (Wildman–Crippen MR) is 114 cm³/mol. The highest BCUT2D eigenvalue weighted by Crippen LogP contribution is 2.37. The van der Waals surface area contributed by atoms with Gasteiger partial charge < -0.3 is 5.32 Å². The molecule has 2 atom stereocenters. The highest BCUT2D eigenvalue weighted by Gasteiger charge is 2.28. The standard InChI is InChI=1S/C23H17ClN2OS/c24-20-13-17(10-11-18(20)19(14-25)15-6-2-1-3-7-15)26-23(27)22-12-16-8-4-5-9-21(16)28-22/h1-11,13,19,22H,12H2,(H,26,27)/t19-,22+/m0/s1. The molecule has 0 unspecified atom stereocenters. The molecule has 0 fully saturated rings. The molecule has 1 aliphatic rings. The Kier molecular flexibility index (Phi) is 5.38. The third-order valence-electron chi connectivity index (χ3n) is 4.78. The lowest BCUT2D eigenvalue weighted by atomic mass is 9.92. The maximum atomic E-state index is 12.7. The van der Waals surface area contributed by atoms with E-state index < -0.39 is 5.92 Å². The summed E-state index contributed by atoms with van der Waals surface area (Å²) in [6, 6.07) is 25.3. The van der Waals surface area contributed by atoms with Crippen molar-refractivity contribution >= 4 is 35.0 Å². The molecule has 1 heterocycles. The quantitative estimate of drug-likeness (QED) is 0.611. The van der Waals surface area contributed by atoms with Crippen molar-refractivity contribution in [3.05, 3.63) is 94.5 Å². The summed E-state index contributed by atoms with van der Waals surface area (Å²) in [5, 5.41) is 12.9. The molecule has 3 aromatic rings. The zero-order chi connectivity index (χ0) is 19.5. The molecule has 3 nitrogen and oxygen atoms in total. The van der Waals surface area contributed by atoms with Gasteiger partial charge >= 0.3 is 0 Å². The summed E-state index contributed by atoms with van der Waals surface area (Å²) in [5.74, 6) is -0.483. The molecular weight excluding hydrogens is 388 g/mol. The number of thioether (sulfide) groups is 1. The minimum absolute atomic E-state index is 0.0371. The molecule has 1 N–H and O–H groups in total. The number of fused-ring (bicyclic) bond motifs is 1. The number of amides is 1. The Bertz CT molecular complexity index is 1040. The normalized spacial score (nSPS) is 16.1. The number of halogens is 1. The third-order valence-corrected chi connectivity index (χ3v) is 6.43. The first-order chi connectivity index (χ1) is 13.7. The summed E-state index contributed by atoms with van der Waals surface area (Å²) in [6.45, 7) is 0. The van der Waals surface area contributed by atoms with E-state index in [1.165, 1.54) is 5.56 Å². The fourth-order valence-electron chi connectivity index (χ4n) is 3.36. The first-order valence-electron chi connectivity index (χ1n) is 8.95. The first kappa shape index (κ1) is 18.6. The van der Waals surface area contributed by atoms with E-state index in [0.717, 1.165) is 22.4 Å². The van der Waals surface area contributed by atoms with E-state index in [1.807, 2.05) is 54.6 Å². The van der Waals surface area contributed by atoms with Gasteiger partial charge in [-0.2, -0.15) is 5.26 Å². The molecule has 0 spiro atoms. The number of rotatable bonds is 4. The van der Waals surface area contributed by atoms with Crippen LogP contribution >= 0.6 is 23.4 Å². The molecule has 28 heavy (non-hydrogen) atoms. The number of nitrogens with zero attached hydrogens (tertiary/aromatic N) is 1. The van der Waals surface area contributed by atoms with Crippen LogP contribution in [0, 0.1) is 11.3 Å². The van der Waals surface area contributed by atoms with Crippen LogP contribution in [0.1, 0.15) is 22.6 Å². The van der Waals surface area contributed by atoms with Crippen LogP contribution in [0.3, 0.4) is 0 Å². The number of hydrogen-bond donors (Lipinski definition) is 1. The fourth-order valence-corrected chi connectivity index (χ4v) is 4.84. The lowest BCUT2D eigenvalue weighted by molar-refractivity contribution is -0.115. The van der Waals surface area contributed by atoms with Crippen molar-refractivity contribution in [1.82, 2.24) is 0 Å². The molecule has 0 saturated carbocycles. The highest BCUT2D eigenvalue weighted by molar-refractivity contribution is 8.01. The van der Waals surface area contributed by atoms with Crippen molar-refractivity contribution < 1.29 is 4.79 Å². The van der Waals surface area contributed by atoms with E-state index in [1.54, 1.807) is 23.9 Å². The zero-order valence-corrected chi connectivity index (χ0v) is 16.5. The maximum absolute atomic E-state index is 12.7. The molecule has 0 saturated heterocycles. The van der Waals surface area contributed by atoms with Crippen LogP contribution in [-0.4, -0.2) is 11.2 Å². The average molecular weight is 405 g/mol. The van der Waals surface area contributed by atoms with Gasteiger partial charge in [0.05, 0.1) is 17.2 Å². The molecule has 0 aromatic heterocycles. The minimum atomic E-state index is -0.446. The summed E-state index contributed by atoms with van der Waals surface area (Å²) < 4.78 is 0. The topological polar surface area (TPSA) is 52.9 Å². The lowest BCUT2D eigenvalue weighted by Crippen LogP contribution is -2.24. The van der Waals surface area contributed by atoms with Crippen LogP contribution in [0.15, 0.2) is 77.7 Å². The van der Waals surface area contributed by atoms with Crippen molar-refractivity contribution in [2.24, 2.45) is 0 Å². The Hall–Kier alpha value is -2.74. The van der Waals surface area contributed by atoms with E-state index >= 15 is 0 Å². The Morgan fingerprint density at radius 3 is 2.57 bits per heavy atom. The summed E-state index contributed by atoms with van der Waals surface area (Å²) in [5.41, 5.74) is 3.47. The molecule has 0 aliphatic carbocycles. The average Bonchev–Trinajstić information content (AvgIpc) is 3.15. The van der Waals surface area contributed by atoms with Gasteiger partial charge in [0.2, 0.25) is 5.91 Å². The number of benzene rings is 3. The van der Waals surface area contributed by atoms with E-state index in [9.17, 15) is 10.1 Å². The molecular formula is C23H17ClN2OS. The number of nitrogens with one attached hydrogen (secondary N) is 1. The monoisotopic (exact) mass is 404 g/mol. The predicted octanol–water partition coefficient (Wildman–Crippen LogP) is 5.65. The van der Waals surface area contributed by atoms with Crippen LogP contribution in [0.2, 0.25) is 5.02 Å². The van der Waals surface area contributed by atoms with Gasteiger partial charge in [-0.15, -0.1) is 11.8 Å². The number of nitriles is 1. The molecule has 4 rings (SSSR count). The van der Waals surface area contributed by atoms with Gasteiger partial charge in [0.15, 0.2) is 0 Å². The lowest BCUT2D eigenvalue weighted by Gasteiger charge is -2.14. The maximum Gasteiger partial charge on any atom is 0.238 e. The fraction of sp³-hybridized carbons (Fsp3) is 0.130. The second-order valence-corrected chi connectivity index (χ2v) is 8.27. The van der Waals surface area contributed by atoms with Gasteiger partial charge in [-0.25, -0.2) is 0 Å². The Morgan fingerprint density at radius 2 is 1.86 bits per heavy atom. The summed E-state index contributed by atoms with van der Waals surface area (Å²) in [6.07, 6.45) is 0.725. The number of anilines is 1. The molecule has 5 heteroatoms.